The molecule has 0 aliphatic rings. The van der Waals surface area contributed by atoms with Gasteiger partial charge in [-0.15, -0.1) is 0 Å². The third kappa shape index (κ3) is 3.06. The fourth-order valence-electron chi connectivity index (χ4n) is 0.888. The molecule has 0 spiro atoms. The van der Waals surface area contributed by atoms with Crippen LogP contribution in [0.5, 0.6) is 0 Å². The molecule has 0 fully saturated rings. The van der Waals surface area contributed by atoms with Crippen LogP contribution in [0.1, 0.15) is 0 Å². The highest BCUT2D eigenvalue weighted by molar-refractivity contribution is 5.40. The number of benzene rings is 1. The van der Waals surface area contributed by atoms with Crippen molar-refractivity contribution < 1.29 is 28.4 Å². The smallest absolute Gasteiger partial charge is 0.132 e. The van der Waals surface area contributed by atoms with Crippen LogP contribution in [0.4, 0.5) is 10.1 Å². The zero-order valence-corrected chi connectivity index (χ0v) is 9.67. The van der Waals surface area contributed by atoms with Crippen molar-refractivity contribution in [3.8, 4) is 0 Å². The summed E-state index contributed by atoms with van der Waals surface area (Å²) in [6.45, 7) is 0. The van der Waals surface area contributed by atoms with Crippen LogP contribution in [0.25, 0.3) is 0 Å². The van der Waals surface area contributed by atoms with Gasteiger partial charge in [-0.3, -0.25) is 4.48 Å². The van der Waals surface area contributed by atoms with Crippen LogP contribution in [-0.4, -0.2) is 21.1 Å². The zero-order valence-electron chi connectivity index (χ0n) is 7.51. The van der Waals surface area contributed by atoms with Gasteiger partial charge in [-0.2, -0.15) is 0 Å². The van der Waals surface area contributed by atoms with Gasteiger partial charge in [-0.05, 0) is 12.1 Å². The average molecular weight is 281 g/mol. The third-order valence-corrected chi connectivity index (χ3v) is 1.60. The molecule has 0 amide bonds. The van der Waals surface area contributed by atoms with Gasteiger partial charge in [0.1, 0.15) is 11.5 Å². The molecule has 1 rings (SSSR count). The minimum absolute atomic E-state index is 0. The second-order valence-electron chi connectivity index (χ2n) is 3.49. The molecular formula is C9H13FIN. The maximum atomic E-state index is 12.5. The quantitative estimate of drug-likeness (QED) is 0.459. The minimum atomic E-state index is -0.179. The van der Waals surface area contributed by atoms with E-state index in [0.717, 1.165) is 10.2 Å². The number of nitrogens with zero attached hydrogens (tertiary/aromatic N) is 1. The van der Waals surface area contributed by atoms with E-state index < -0.39 is 0 Å². The second-order valence-corrected chi connectivity index (χ2v) is 3.49. The topological polar surface area (TPSA) is 0 Å². The summed E-state index contributed by atoms with van der Waals surface area (Å²) in [6, 6.07) is 6.57. The first-order valence-electron chi connectivity index (χ1n) is 3.58. The second kappa shape index (κ2) is 4.18. The monoisotopic (exact) mass is 281 g/mol. The van der Waals surface area contributed by atoms with Gasteiger partial charge in [0.15, 0.2) is 0 Å². The van der Waals surface area contributed by atoms with E-state index in [0.29, 0.717) is 0 Å². The highest BCUT2D eigenvalue weighted by Gasteiger charge is 2.10. The minimum Gasteiger partial charge on any atom is -1.00 e. The Hall–Kier alpha value is -0.160. The first-order chi connectivity index (χ1) is 5.00. The van der Waals surface area contributed by atoms with E-state index in [1.807, 2.05) is 21.1 Å². The van der Waals surface area contributed by atoms with Gasteiger partial charge in [-0.25, -0.2) is 4.39 Å². The van der Waals surface area contributed by atoms with E-state index in [1.165, 1.54) is 12.1 Å². The molecule has 0 aliphatic heterocycles. The molecule has 0 unspecified atom stereocenters. The molecule has 3 heteroatoms. The lowest BCUT2D eigenvalue weighted by atomic mass is 10.3. The van der Waals surface area contributed by atoms with E-state index in [-0.39, 0.29) is 29.8 Å². The Morgan fingerprint density at radius 3 is 1.75 bits per heavy atom. The number of hydrogen-bond acceptors (Lipinski definition) is 0. The summed E-state index contributed by atoms with van der Waals surface area (Å²) in [5.41, 5.74) is 1.10. The largest absolute Gasteiger partial charge is 1.00 e. The lowest BCUT2D eigenvalue weighted by Gasteiger charge is -2.22. The molecule has 0 atom stereocenters. The Kier molecular flexibility index (Phi) is 4.13. The Morgan fingerprint density at radius 1 is 1.00 bits per heavy atom. The molecule has 0 aromatic heterocycles. The van der Waals surface area contributed by atoms with E-state index >= 15 is 0 Å². The van der Waals surface area contributed by atoms with E-state index in [1.54, 1.807) is 12.1 Å². The molecule has 1 aromatic carbocycles. The van der Waals surface area contributed by atoms with Crippen molar-refractivity contribution in [1.82, 2.24) is 4.48 Å². The Balaban J connectivity index is 0.00000121. The summed E-state index contributed by atoms with van der Waals surface area (Å²) in [4.78, 5) is 0. The lowest BCUT2D eigenvalue weighted by Crippen LogP contribution is -3.00. The molecule has 68 valence electrons. The van der Waals surface area contributed by atoms with Crippen molar-refractivity contribution >= 4 is 5.69 Å². The van der Waals surface area contributed by atoms with Crippen LogP contribution in [0, 0.1) is 5.82 Å². The highest BCUT2D eigenvalue weighted by atomic mass is 127. The van der Waals surface area contributed by atoms with Gasteiger partial charge in [0, 0.05) is 12.1 Å². The van der Waals surface area contributed by atoms with E-state index in [9.17, 15) is 4.39 Å². The predicted molar refractivity (Wildman–Crippen MR) is 46.0 cm³/mol. The Labute approximate surface area is 89.8 Å². The summed E-state index contributed by atoms with van der Waals surface area (Å²) >= 11 is 0. The third-order valence-electron chi connectivity index (χ3n) is 1.60. The molecule has 0 bridgehead atoms. The highest BCUT2D eigenvalue weighted by Crippen LogP contribution is 2.15. The standard InChI is InChI=1S/C9H13FN.HI/c1-11(2,3)9-6-4-8(10)5-7-9;/h4-7H,1-3H3;1H/q+1;/p-1. The number of halogens is 2. The van der Waals surface area contributed by atoms with Crippen molar-refractivity contribution in [2.24, 2.45) is 0 Å². The summed E-state index contributed by atoms with van der Waals surface area (Å²) in [5.74, 6) is -0.179. The number of hydrogen-bond donors (Lipinski definition) is 0. The summed E-state index contributed by atoms with van der Waals surface area (Å²) in [5, 5.41) is 0. The molecule has 12 heavy (non-hydrogen) atoms. The van der Waals surface area contributed by atoms with E-state index in [2.05, 4.69) is 0 Å². The molecule has 0 aliphatic carbocycles. The molecule has 0 heterocycles. The molecule has 0 saturated carbocycles. The van der Waals surface area contributed by atoms with Crippen LogP contribution in [0.2, 0.25) is 0 Å². The molecule has 1 nitrogen and oxygen atoms in total. The number of rotatable bonds is 1. The predicted octanol–water partition coefficient (Wildman–Crippen LogP) is -0.974. The van der Waals surface area contributed by atoms with Crippen LogP contribution in [0.3, 0.4) is 0 Å². The van der Waals surface area contributed by atoms with Crippen LogP contribution < -0.4 is 28.5 Å². The number of quaternary nitrogens is 1. The van der Waals surface area contributed by atoms with Crippen molar-refractivity contribution in [3.05, 3.63) is 30.1 Å². The van der Waals surface area contributed by atoms with Gasteiger partial charge in [0.05, 0.1) is 21.1 Å². The van der Waals surface area contributed by atoms with Crippen LogP contribution >= 0.6 is 0 Å². The van der Waals surface area contributed by atoms with Crippen LogP contribution in [0.15, 0.2) is 24.3 Å². The van der Waals surface area contributed by atoms with Gasteiger partial charge >= 0.3 is 0 Å². The SMILES string of the molecule is C[N+](C)(C)c1ccc(F)cc1.[I-]. The molecule has 0 radical (unpaired) electrons. The Morgan fingerprint density at radius 2 is 1.42 bits per heavy atom. The van der Waals surface area contributed by atoms with E-state index in [4.69, 9.17) is 0 Å². The van der Waals surface area contributed by atoms with Gasteiger partial charge < -0.3 is 24.0 Å². The van der Waals surface area contributed by atoms with Crippen molar-refractivity contribution in [1.29, 1.82) is 0 Å². The maximum absolute atomic E-state index is 12.5. The summed E-state index contributed by atoms with van der Waals surface area (Å²) in [6.07, 6.45) is 0. The van der Waals surface area contributed by atoms with Gasteiger partial charge in [-0.1, -0.05) is 0 Å². The molecule has 0 saturated heterocycles. The fourth-order valence-corrected chi connectivity index (χ4v) is 0.888. The maximum Gasteiger partial charge on any atom is 0.132 e. The molecular weight excluding hydrogens is 268 g/mol. The Bertz CT molecular complexity index is 238. The first-order valence-corrected chi connectivity index (χ1v) is 3.58. The summed E-state index contributed by atoms with van der Waals surface area (Å²) < 4.78 is 13.2. The van der Waals surface area contributed by atoms with Crippen molar-refractivity contribution in [2.75, 3.05) is 21.1 Å². The van der Waals surface area contributed by atoms with Crippen molar-refractivity contribution in [2.45, 2.75) is 0 Å². The fraction of sp³-hybridized carbons (Fsp3) is 0.333. The first kappa shape index (κ1) is 11.8. The molecule has 0 N–H and O–H groups in total. The van der Waals surface area contributed by atoms with Crippen molar-refractivity contribution in [3.63, 3.8) is 0 Å². The normalized spacial score (nSPS) is 10.7. The zero-order chi connectivity index (χ0) is 8.48. The molecule has 1 aromatic rings. The van der Waals surface area contributed by atoms with Gasteiger partial charge in [0.25, 0.3) is 0 Å². The van der Waals surface area contributed by atoms with Crippen LogP contribution in [-0.2, 0) is 0 Å². The average Bonchev–Trinajstić information content (AvgIpc) is 1.86. The lowest BCUT2D eigenvalue weighted by molar-refractivity contribution is -0.00000318. The van der Waals surface area contributed by atoms with Gasteiger partial charge in [0.2, 0.25) is 0 Å². The summed E-state index contributed by atoms with van der Waals surface area (Å²) in [7, 11) is 6.15.